The van der Waals surface area contributed by atoms with Crippen LogP contribution in [0.25, 0.3) is 6.08 Å². The molecule has 3 aliphatic rings. The van der Waals surface area contributed by atoms with Gasteiger partial charge < -0.3 is 10.2 Å². The third kappa shape index (κ3) is 4.09. The van der Waals surface area contributed by atoms with Crippen LogP contribution in [-0.2, 0) is 9.59 Å². The number of benzene rings is 1. The van der Waals surface area contributed by atoms with Crippen LogP contribution < -0.4 is 5.32 Å². The molecule has 2 atom stereocenters. The van der Waals surface area contributed by atoms with Gasteiger partial charge in [0.15, 0.2) is 0 Å². The predicted molar refractivity (Wildman–Crippen MR) is 106 cm³/mol. The lowest BCUT2D eigenvalue weighted by Crippen LogP contribution is -2.54. The molecule has 0 radical (unpaired) electrons. The highest BCUT2D eigenvalue weighted by Crippen LogP contribution is 2.42. The van der Waals surface area contributed by atoms with Gasteiger partial charge in [0.1, 0.15) is 6.54 Å². The van der Waals surface area contributed by atoms with Crippen molar-refractivity contribution in [1.82, 2.24) is 10.2 Å². The molecule has 2 unspecified atom stereocenters. The number of hydrogen-bond acceptors (Lipinski definition) is 3. The van der Waals surface area contributed by atoms with Crippen molar-refractivity contribution in [3.05, 3.63) is 39.8 Å². The molecule has 1 heterocycles. The molecular formula is C20H23ClN2O2S. The van der Waals surface area contributed by atoms with Gasteiger partial charge in [-0.1, -0.05) is 36.6 Å². The van der Waals surface area contributed by atoms with Crippen molar-refractivity contribution in [2.45, 2.75) is 55.9 Å². The minimum atomic E-state index is -0.0251. The standard InChI is InChI=1S/C20H23ClN2O2S/c21-14-7-5-13(6-8-14)11-18-20(25)23(12-19(24)22-15-9-10-15)16-3-1-2-4-17(16)26-18/h5-8,11,15-17H,1-4,9-10,12H2,(H,22,24)/b18-11-. The highest BCUT2D eigenvalue weighted by molar-refractivity contribution is 8.04. The highest BCUT2D eigenvalue weighted by atomic mass is 35.5. The first kappa shape index (κ1) is 17.9. The minimum Gasteiger partial charge on any atom is -0.352 e. The SMILES string of the molecule is O=C(CN1C(=O)/C(=C/c2ccc(Cl)cc2)SC2CCCCC21)NC1CC1. The Morgan fingerprint density at radius 1 is 1.19 bits per heavy atom. The van der Waals surface area contributed by atoms with E-state index in [-0.39, 0.29) is 24.4 Å². The molecule has 2 amide bonds. The van der Waals surface area contributed by atoms with Gasteiger partial charge in [-0.3, -0.25) is 9.59 Å². The number of carbonyl (C=O) groups is 2. The van der Waals surface area contributed by atoms with Crippen molar-refractivity contribution < 1.29 is 9.59 Å². The normalized spacial score (nSPS) is 27.3. The molecule has 2 saturated carbocycles. The van der Waals surface area contributed by atoms with Crippen molar-refractivity contribution in [2.75, 3.05) is 6.54 Å². The highest BCUT2D eigenvalue weighted by Gasteiger charge is 2.41. The summed E-state index contributed by atoms with van der Waals surface area (Å²) in [6, 6.07) is 7.99. The number of carbonyl (C=O) groups excluding carboxylic acids is 2. The van der Waals surface area contributed by atoms with Crippen molar-refractivity contribution in [3.63, 3.8) is 0 Å². The third-order valence-corrected chi connectivity index (χ3v) is 6.89. The van der Waals surface area contributed by atoms with Crippen molar-refractivity contribution in [3.8, 4) is 0 Å². The fraction of sp³-hybridized carbons (Fsp3) is 0.500. The van der Waals surface area contributed by atoms with Crippen LogP contribution in [0.2, 0.25) is 5.02 Å². The number of halogens is 1. The smallest absolute Gasteiger partial charge is 0.261 e. The summed E-state index contributed by atoms with van der Waals surface area (Å²) in [4.78, 5) is 28.0. The summed E-state index contributed by atoms with van der Waals surface area (Å²) in [6.07, 6.45) is 8.47. The molecule has 26 heavy (non-hydrogen) atoms. The molecule has 1 aliphatic heterocycles. The lowest BCUT2D eigenvalue weighted by atomic mass is 9.93. The number of thioether (sulfide) groups is 1. The van der Waals surface area contributed by atoms with Gasteiger partial charge >= 0.3 is 0 Å². The zero-order chi connectivity index (χ0) is 18.1. The van der Waals surface area contributed by atoms with Gasteiger partial charge in [-0.05, 0) is 49.5 Å². The van der Waals surface area contributed by atoms with E-state index in [0.717, 1.165) is 42.6 Å². The van der Waals surface area contributed by atoms with Crippen LogP contribution in [0.1, 0.15) is 44.1 Å². The zero-order valence-electron chi connectivity index (χ0n) is 14.6. The summed E-state index contributed by atoms with van der Waals surface area (Å²) in [5.74, 6) is -0.0398. The van der Waals surface area contributed by atoms with Crippen LogP contribution in [0, 0.1) is 0 Å². The van der Waals surface area contributed by atoms with E-state index in [2.05, 4.69) is 5.32 Å². The summed E-state index contributed by atoms with van der Waals surface area (Å²) in [5.41, 5.74) is 0.960. The van der Waals surface area contributed by atoms with Crippen molar-refractivity contribution in [2.24, 2.45) is 0 Å². The molecule has 4 nitrogen and oxygen atoms in total. The maximum Gasteiger partial charge on any atom is 0.261 e. The molecular weight excluding hydrogens is 368 g/mol. The average Bonchev–Trinajstić information content (AvgIpc) is 3.44. The van der Waals surface area contributed by atoms with Crippen molar-refractivity contribution in [1.29, 1.82) is 0 Å². The van der Waals surface area contributed by atoms with E-state index in [1.165, 1.54) is 6.42 Å². The summed E-state index contributed by atoms with van der Waals surface area (Å²) in [6.45, 7) is 0.176. The Hall–Kier alpha value is -1.46. The Morgan fingerprint density at radius 3 is 2.65 bits per heavy atom. The van der Waals surface area contributed by atoms with Gasteiger partial charge in [0, 0.05) is 22.4 Å². The average molecular weight is 391 g/mol. The van der Waals surface area contributed by atoms with E-state index in [9.17, 15) is 9.59 Å². The van der Waals surface area contributed by atoms with Crippen LogP contribution in [0.15, 0.2) is 29.2 Å². The number of rotatable bonds is 4. The largest absolute Gasteiger partial charge is 0.352 e. The Balaban J connectivity index is 1.56. The van der Waals surface area contributed by atoms with E-state index in [1.54, 1.807) is 11.8 Å². The molecule has 1 aromatic carbocycles. The molecule has 138 valence electrons. The second-order valence-corrected chi connectivity index (χ2v) is 9.06. The van der Waals surface area contributed by atoms with E-state index >= 15 is 0 Å². The fourth-order valence-electron chi connectivity index (χ4n) is 3.73. The Kier molecular flexibility index (Phi) is 5.28. The first-order valence-electron chi connectivity index (χ1n) is 9.34. The van der Waals surface area contributed by atoms with Gasteiger partial charge in [-0.25, -0.2) is 0 Å². The van der Waals surface area contributed by atoms with Crippen LogP contribution in [0.4, 0.5) is 0 Å². The minimum absolute atomic E-state index is 0.0148. The molecule has 1 saturated heterocycles. The second-order valence-electron chi connectivity index (χ2n) is 7.34. The molecule has 2 aliphatic carbocycles. The number of nitrogens with zero attached hydrogens (tertiary/aromatic N) is 1. The molecule has 1 N–H and O–H groups in total. The molecule has 0 aromatic heterocycles. The molecule has 4 rings (SSSR count). The van der Waals surface area contributed by atoms with Crippen LogP contribution in [0.5, 0.6) is 0 Å². The van der Waals surface area contributed by atoms with Gasteiger partial charge in [-0.2, -0.15) is 0 Å². The van der Waals surface area contributed by atoms with Crippen molar-refractivity contribution >= 4 is 41.3 Å². The maximum atomic E-state index is 13.1. The summed E-state index contributed by atoms with van der Waals surface area (Å²) in [5, 5.41) is 4.08. The number of fused-ring (bicyclic) bond motifs is 1. The number of amides is 2. The summed E-state index contributed by atoms with van der Waals surface area (Å²) >= 11 is 7.64. The quantitative estimate of drug-likeness (QED) is 0.794. The van der Waals surface area contributed by atoms with E-state index in [4.69, 9.17) is 11.6 Å². The monoisotopic (exact) mass is 390 g/mol. The lowest BCUT2D eigenvalue weighted by Gasteiger charge is -2.43. The van der Waals surface area contributed by atoms with Crippen LogP contribution in [-0.4, -0.2) is 40.6 Å². The molecule has 3 fully saturated rings. The van der Waals surface area contributed by atoms with Crippen LogP contribution in [0.3, 0.4) is 0 Å². The van der Waals surface area contributed by atoms with E-state index in [0.29, 0.717) is 16.3 Å². The predicted octanol–water partition coefficient (Wildman–Crippen LogP) is 3.85. The van der Waals surface area contributed by atoms with E-state index in [1.807, 2.05) is 35.2 Å². The number of hydrogen-bond donors (Lipinski definition) is 1. The topological polar surface area (TPSA) is 49.4 Å². The Labute approximate surface area is 163 Å². The first-order valence-corrected chi connectivity index (χ1v) is 10.6. The molecule has 0 spiro atoms. The van der Waals surface area contributed by atoms with Gasteiger partial charge in [-0.15, -0.1) is 11.8 Å². The molecule has 0 bridgehead atoms. The first-order chi connectivity index (χ1) is 12.6. The van der Waals surface area contributed by atoms with Gasteiger partial charge in [0.05, 0.1) is 4.91 Å². The van der Waals surface area contributed by atoms with Crippen LogP contribution >= 0.6 is 23.4 Å². The second kappa shape index (κ2) is 7.65. The summed E-state index contributed by atoms with van der Waals surface area (Å²) < 4.78 is 0. The molecule has 6 heteroatoms. The van der Waals surface area contributed by atoms with Gasteiger partial charge in [0.2, 0.25) is 5.91 Å². The molecule has 1 aromatic rings. The Morgan fingerprint density at radius 2 is 1.92 bits per heavy atom. The third-order valence-electron chi connectivity index (χ3n) is 5.24. The summed E-state index contributed by atoms with van der Waals surface area (Å²) in [7, 11) is 0. The Bertz CT molecular complexity index is 730. The van der Waals surface area contributed by atoms with Gasteiger partial charge in [0.25, 0.3) is 5.91 Å². The fourth-order valence-corrected chi connectivity index (χ4v) is 5.33. The lowest BCUT2D eigenvalue weighted by molar-refractivity contribution is -0.135. The zero-order valence-corrected chi connectivity index (χ0v) is 16.2. The maximum absolute atomic E-state index is 13.1. The number of nitrogens with one attached hydrogen (secondary N) is 1. The van der Waals surface area contributed by atoms with E-state index < -0.39 is 0 Å².